The van der Waals surface area contributed by atoms with Crippen molar-refractivity contribution in [1.29, 1.82) is 0 Å². The van der Waals surface area contributed by atoms with Gasteiger partial charge in [0, 0.05) is 38.3 Å². The largest absolute Gasteiger partial charge is 0.368 e. The number of benzene rings is 1. The van der Waals surface area contributed by atoms with Crippen molar-refractivity contribution in [3.63, 3.8) is 0 Å². The first-order valence-corrected chi connectivity index (χ1v) is 7.86. The molecule has 3 heteroatoms. The molecule has 1 aromatic carbocycles. The monoisotopic (exact) mass is 274 g/mol. The number of nitrogens with zero attached hydrogens (tertiary/aromatic N) is 2. The number of unbranched alkanes of at least 4 members (excludes halogenated alkanes) is 1. The Morgan fingerprint density at radius 2 is 1.80 bits per heavy atom. The molecule has 0 spiro atoms. The van der Waals surface area contributed by atoms with E-state index in [-0.39, 0.29) is 0 Å². The topological polar surface area (TPSA) is 23.6 Å². The number of carbonyl (C=O) groups is 1. The zero-order valence-corrected chi connectivity index (χ0v) is 12.8. The zero-order valence-electron chi connectivity index (χ0n) is 12.8. The van der Waals surface area contributed by atoms with Gasteiger partial charge in [-0.05, 0) is 24.5 Å². The Morgan fingerprint density at radius 3 is 2.45 bits per heavy atom. The minimum atomic E-state index is 0.329. The number of hydrogen-bond donors (Lipinski definition) is 0. The summed E-state index contributed by atoms with van der Waals surface area (Å²) in [4.78, 5) is 16.5. The molecule has 1 amide bonds. The van der Waals surface area contributed by atoms with Gasteiger partial charge in [-0.2, -0.15) is 0 Å². The highest BCUT2D eigenvalue weighted by molar-refractivity contribution is 5.76. The van der Waals surface area contributed by atoms with Crippen molar-refractivity contribution < 1.29 is 4.79 Å². The van der Waals surface area contributed by atoms with E-state index in [0.717, 1.165) is 45.4 Å². The molecule has 20 heavy (non-hydrogen) atoms. The number of aryl methyl sites for hydroxylation is 1. The average molecular weight is 274 g/mol. The lowest BCUT2D eigenvalue weighted by Gasteiger charge is -2.37. The Hall–Kier alpha value is -1.51. The highest BCUT2D eigenvalue weighted by Crippen LogP contribution is 2.22. The van der Waals surface area contributed by atoms with Crippen LogP contribution in [0.15, 0.2) is 24.3 Å². The van der Waals surface area contributed by atoms with Crippen LogP contribution in [0.2, 0.25) is 0 Å². The Labute approximate surface area is 122 Å². The quantitative estimate of drug-likeness (QED) is 0.824. The van der Waals surface area contributed by atoms with Crippen LogP contribution < -0.4 is 4.90 Å². The Balaban J connectivity index is 1.92. The predicted molar refractivity (Wildman–Crippen MR) is 84.1 cm³/mol. The van der Waals surface area contributed by atoms with Crippen molar-refractivity contribution in [3.8, 4) is 0 Å². The minimum absolute atomic E-state index is 0.329. The molecule has 0 N–H and O–H groups in total. The summed E-state index contributed by atoms with van der Waals surface area (Å²) in [5.74, 6) is 0.329. The molecule has 0 atom stereocenters. The van der Waals surface area contributed by atoms with E-state index in [9.17, 15) is 4.79 Å². The molecule has 3 nitrogen and oxygen atoms in total. The van der Waals surface area contributed by atoms with Crippen LogP contribution >= 0.6 is 0 Å². The molecule has 0 aromatic heterocycles. The maximum absolute atomic E-state index is 12.0. The molecule has 0 radical (unpaired) electrons. The molecular weight excluding hydrogens is 248 g/mol. The van der Waals surface area contributed by atoms with E-state index >= 15 is 0 Å². The third kappa shape index (κ3) is 3.53. The molecule has 0 unspecified atom stereocenters. The highest BCUT2D eigenvalue weighted by atomic mass is 16.2. The third-order valence-corrected chi connectivity index (χ3v) is 4.09. The van der Waals surface area contributed by atoms with Crippen molar-refractivity contribution in [1.82, 2.24) is 4.90 Å². The molecule has 0 bridgehead atoms. The molecule has 1 aliphatic heterocycles. The lowest BCUT2D eigenvalue weighted by atomic mass is 10.1. The summed E-state index contributed by atoms with van der Waals surface area (Å²) in [7, 11) is 0. The summed E-state index contributed by atoms with van der Waals surface area (Å²) < 4.78 is 0. The standard InChI is InChI=1S/C17H26N2O/c1-3-5-10-17(20)19-13-11-18(12-14-19)16-9-7-6-8-15(16)4-2/h6-9H,3-5,10-14H2,1-2H3. The van der Waals surface area contributed by atoms with E-state index in [0.29, 0.717) is 12.3 Å². The number of anilines is 1. The van der Waals surface area contributed by atoms with E-state index in [1.807, 2.05) is 4.90 Å². The van der Waals surface area contributed by atoms with Crippen molar-refractivity contribution in [2.45, 2.75) is 39.5 Å². The minimum Gasteiger partial charge on any atom is -0.368 e. The Morgan fingerprint density at radius 1 is 1.10 bits per heavy atom. The SMILES string of the molecule is CCCCC(=O)N1CCN(c2ccccc2CC)CC1. The van der Waals surface area contributed by atoms with Crippen LogP contribution in [0.4, 0.5) is 5.69 Å². The lowest BCUT2D eigenvalue weighted by molar-refractivity contribution is -0.131. The third-order valence-electron chi connectivity index (χ3n) is 4.09. The van der Waals surface area contributed by atoms with Crippen molar-refractivity contribution in [2.75, 3.05) is 31.1 Å². The molecule has 110 valence electrons. The van der Waals surface area contributed by atoms with Crippen molar-refractivity contribution >= 4 is 11.6 Å². The summed E-state index contributed by atoms with van der Waals surface area (Å²) in [5, 5.41) is 0. The second kappa shape index (κ2) is 7.32. The van der Waals surface area contributed by atoms with Crippen LogP contribution in [0.1, 0.15) is 38.7 Å². The normalized spacial score (nSPS) is 15.5. The summed E-state index contributed by atoms with van der Waals surface area (Å²) in [6.07, 6.45) is 3.88. The van der Waals surface area contributed by atoms with Gasteiger partial charge in [0.2, 0.25) is 5.91 Å². The predicted octanol–water partition coefficient (Wildman–Crippen LogP) is 3.09. The molecule has 1 saturated heterocycles. The van der Waals surface area contributed by atoms with Crippen LogP contribution in [-0.2, 0) is 11.2 Å². The van der Waals surface area contributed by atoms with Gasteiger partial charge >= 0.3 is 0 Å². The molecule has 2 rings (SSSR count). The fourth-order valence-electron chi connectivity index (χ4n) is 2.80. The molecule has 0 saturated carbocycles. The molecule has 1 aliphatic rings. The summed E-state index contributed by atoms with van der Waals surface area (Å²) in [6.45, 7) is 7.96. The van der Waals surface area contributed by atoms with E-state index < -0.39 is 0 Å². The van der Waals surface area contributed by atoms with Crippen molar-refractivity contribution in [3.05, 3.63) is 29.8 Å². The van der Waals surface area contributed by atoms with Gasteiger partial charge in [-0.15, -0.1) is 0 Å². The van der Waals surface area contributed by atoms with Gasteiger partial charge in [0.25, 0.3) is 0 Å². The van der Waals surface area contributed by atoms with E-state index in [4.69, 9.17) is 0 Å². The second-order valence-corrected chi connectivity index (χ2v) is 5.45. The number of hydrogen-bond acceptors (Lipinski definition) is 2. The zero-order chi connectivity index (χ0) is 14.4. The van der Waals surface area contributed by atoms with Crippen LogP contribution in [0.5, 0.6) is 0 Å². The van der Waals surface area contributed by atoms with E-state index in [2.05, 4.69) is 43.0 Å². The maximum Gasteiger partial charge on any atom is 0.222 e. The number of rotatable bonds is 5. The van der Waals surface area contributed by atoms with Gasteiger partial charge in [0.15, 0.2) is 0 Å². The first-order valence-electron chi connectivity index (χ1n) is 7.86. The Bertz CT molecular complexity index is 436. The molecule has 1 fully saturated rings. The Kier molecular flexibility index (Phi) is 5.45. The maximum atomic E-state index is 12.0. The second-order valence-electron chi connectivity index (χ2n) is 5.45. The first kappa shape index (κ1) is 14.9. The van der Waals surface area contributed by atoms with E-state index in [1.54, 1.807) is 0 Å². The molecule has 1 aromatic rings. The number of piperazine rings is 1. The first-order chi connectivity index (χ1) is 9.76. The summed E-state index contributed by atoms with van der Waals surface area (Å²) in [5.41, 5.74) is 2.74. The van der Waals surface area contributed by atoms with Gasteiger partial charge in [-0.25, -0.2) is 0 Å². The van der Waals surface area contributed by atoms with E-state index in [1.165, 1.54) is 11.3 Å². The number of carbonyl (C=O) groups excluding carboxylic acids is 1. The van der Waals surface area contributed by atoms with Crippen molar-refractivity contribution in [2.24, 2.45) is 0 Å². The summed E-state index contributed by atoms with van der Waals surface area (Å²) >= 11 is 0. The van der Waals surface area contributed by atoms with Gasteiger partial charge in [0.1, 0.15) is 0 Å². The number of amides is 1. The fourth-order valence-corrected chi connectivity index (χ4v) is 2.80. The van der Waals surface area contributed by atoms with Crippen LogP contribution in [0, 0.1) is 0 Å². The van der Waals surface area contributed by atoms with Gasteiger partial charge < -0.3 is 9.80 Å². The van der Waals surface area contributed by atoms with Crippen LogP contribution in [-0.4, -0.2) is 37.0 Å². The average Bonchev–Trinajstić information content (AvgIpc) is 2.52. The van der Waals surface area contributed by atoms with Gasteiger partial charge in [0.05, 0.1) is 0 Å². The molecule has 0 aliphatic carbocycles. The molecular formula is C17H26N2O. The van der Waals surface area contributed by atoms with Crippen LogP contribution in [0.25, 0.3) is 0 Å². The van der Waals surface area contributed by atoms with Gasteiger partial charge in [-0.1, -0.05) is 38.5 Å². The number of para-hydroxylation sites is 1. The summed E-state index contributed by atoms with van der Waals surface area (Å²) in [6, 6.07) is 8.61. The smallest absolute Gasteiger partial charge is 0.222 e. The fraction of sp³-hybridized carbons (Fsp3) is 0.588. The highest BCUT2D eigenvalue weighted by Gasteiger charge is 2.21. The van der Waals surface area contributed by atoms with Gasteiger partial charge in [-0.3, -0.25) is 4.79 Å². The lowest BCUT2D eigenvalue weighted by Crippen LogP contribution is -2.49. The molecule has 1 heterocycles. The van der Waals surface area contributed by atoms with Crippen LogP contribution in [0.3, 0.4) is 0 Å².